The molecule has 0 spiro atoms. The molecule has 2 heterocycles. The number of halogens is 6. The monoisotopic (exact) mass is 407 g/mol. The van der Waals surface area contributed by atoms with Crippen molar-refractivity contribution < 1.29 is 35.9 Å². The van der Waals surface area contributed by atoms with Gasteiger partial charge in [-0.1, -0.05) is 0 Å². The summed E-state index contributed by atoms with van der Waals surface area (Å²) >= 11 is 0. The smallest absolute Gasteiger partial charge is 0.416 e. The van der Waals surface area contributed by atoms with Crippen molar-refractivity contribution >= 4 is 6.09 Å². The van der Waals surface area contributed by atoms with Gasteiger partial charge in [-0.15, -0.1) is 0 Å². The summed E-state index contributed by atoms with van der Waals surface area (Å²) in [5.41, 5.74) is -2.54. The minimum atomic E-state index is -4.96. The molecule has 0 aliphatic carbocycles. The quantitative estimate of drug-likeness (QED) is 0.691. The maximum absolute atomic E-state index is 12.9. The molecule has 1 aromatic carbocycles. The summed E-state index contributed by atoms with van der Waals surface area (Å²) in [5.74, 6) is 0. The van der Waals surface area contributed by atoms with Crippen LogP contribution in [0, 0.1) is 0 Å². The van der Waals surface area contributed by atoms with Gasteiger partial charge in [-0.05, 0) is 30.2 Å². The van der Waals surface area contributed by atoms with E-state index in [9.17, 15) is 31.1 Å². The van der Waals surface area contributed by atoms with E-state index in [1.807, 2.05) is 4.57 Å². The van der Waals surface area contributed by atoms with Crippen molar-refractivity contribution in [2.45, 2.75) is 38.5 Å². The van der Waals surface area contributed by atoms with Crippen LogP contribution in [-0.4, -0.2) is 27.1 Å². The van der Waals surface area contributed by atoms with E-state index in [1.54, 1.807) is 12.5 Å². The molecule has 0 saturated carbocycles. The van der Waals surface area contributed by atoms with Crippen LogP contribution in [0.4, 0.5) is 31.1 Å². The van der Waals surface area contributed by atoms with Gasteiger partial charge in [0.05, 0.1) is 29.7 Å². The number of rotatable bonds is 2. The third kappa shape index (κ3) is 4.57. The second-order valence-corrected chi connectivity index (χ2v) is 6.32. The van der Waals surface area contributed by atoms with E-state index in [1.165, 1.54) is 4.90 Å². The van der Waals surface area contributed by atoms with Gasteiger partial charge < -0.3 is 14.2 Å². The average Bonchev–Trinajstić information content (AvgIpc) is 2.94. The number of carbonyl (C=O) groups is 1. The van der Waals surface area contributed by atoms with Crippen LogP contribution in [0.2, 0.25) is 0 Å². The summed E-state index contributed by atoms with van der Waals surface area (Å²) in [6.07, 6.45) is -6.92. The molecule has 11 heteroatoms. The second-order valence-electron chi connectivity index (χ2n) is 6.32. The second kappa shape index (κ2) is 7.36. The number of amides is 1. The molecule has 28 heavy (non-hydrogen) atoms. The summed E-state index contributed by atoms with van der Waals surface area (Å²) in [5, 5.41) is 0. The minimum Gasteiger partial charge on any atom is -0.445 e. The summed E-state index contributed by atoms with van der Waals surface area (Å²) in [7, 11) is 0. The number of hydrogen-bond acceptors (Lipinski definition) is 3. The van der Waals surface area contributed by atoms with Gasteiger partial charge in [-0.3, -0.25) is 0 Å². The highest BCUT2D eigenvalue weighted by molar-refractivity contribution is 5.67. The number of benzene rings is 1. The Bertz CT molecular complexity index is 827. The highest BCUT2D eigenvalue weighted by Crippen LogP contribution is 2.36. The zero-order valence-electron chi connectivity index (χ0n) is 14.3. The number of alkyl halides is 6. The zero-order chi connectivity index (χ0) is 20.5. The molecule has 2 aromatic rings. The van der Waals surface area contributed by atoms with Gasteiger partial charge in [0, 0.05) is 19.3 Å². The van der Waals surface area contributed by atoms with Crippen LogP contribution >= 0.6 is 0 Å². The molecule has 0 bridgehead atoms. The molecule has 0 fully saturated rings. The van der Waals surface area contributed by atoms with Crippen molar-refractivity contribution in [3.8, 4) is 0 Å². The normalized spacial score (nSPS) is 15.1. The molecule has 0 saturated heterocycles. The van der Waals surface area contributed by atoms with Gasteiger partial charge in [-0.2, -0.15) is 26.3 Å². The van der Waals surface area contributed by atoms with E-state index < -0.39 is 41.7 Å². The van der Waals surface area contributed by atoms with Gasteiger partial charge in [-0.25, -0.2) is 9.78 Å². The van der Waals surface area contributed by atoms with E-state index in [2.05, 4.69) is 4.98 Å². The van der Waals surface area contributed by atoms with Crippen LogP contribution in [0.3, 0.4) is 0 Å². The molecular weight excluding hydrogens is 392 g/mol. The van der Waals surface area contributed by atoms with Crippen LogP contribution in [0.25, 0.3) is 0 Å². The summed E-state index contributed by atoms with van der Waals surface area (Å²) in [6, 6.07) is 1.11. The highest BCUT2D eigenvalue weighted by Gasteiger charge is 2.37. The van der Waals surface area contributed by atoms with E-state index in [0.29, 0.717) is 31.6 Å². The molecule has 0 radical (unpaired) electrons. The Hall–Kier alpha value is -2.72. The standard InChI is InChI=1S/C17H15F6N3O2/c18-16(19,20)12-4-11(5-13(6-12)17(21,22)23)9-28-15(27)25-2-1-3-26-10-24-7-14(26)8-25/h4-7,10H,1-3,8-9H2. The lowest BCUT2D eigenvalue weighted by Gasteiger charge is -2.20. The predicted octanol–water partition coefficient (Wildman–Crippen LogP) is 4.46. The first kappa shape index (κ1) is 20.0. The number of fused-ring (bicyclic) bond motifs is 1. The molecule has 1 aromatic heterocycles. The van der Waals surface area contributed by atoms with Crippen molar-refractivity contribution in [2.75, 3.05) is 6.54 Å². The number of imidazole rings is 1. The molecule has 0 N–H and O–H groups in total. The fourth-order valence-electron chi connectivity index (χ4n) is 2.88. The Morgan fingerprint density at radius 3 is 2.29 bits per heavy atom. The van der Waals surface area contributed by atoms with Gasteiger partial charge in [0.1, 0.15) is 6.61 Å². The van der Waals surface area contributed by atoms with Crippen molar-refractivity contribution in [3.05, 3.63) is 53.1 Å². The highest BCUT2D eigenvalue weighted by atomic mass is 19.4. The maximum Gasteiger partial charge on any atom is 0.416 e. The summed E-state index contributed by atoms with van der Waals surface area (Å²) in [6.45, 7) is 0.468. The topological polar surface area (TPSA) is 47.4 Å². The first-order valence-electron chi connectivity index (χ1n) is 8.23. The van der Waals surface area contributed by atoms with Crippen molar-refractivity contribution in [2.24, 2.45) is 0 Å². The third-order valence-electron chi connectivity index (χ3n) is 4.25. The molecule has 0 atom stereocenters. The predicted molar refractivity (Wildman–Crippen MR) is 83.9 cm³/mol. The van der Waals surface area contributed by atoms with E-state index in [4.69, 9.17) is 4.74 Å². The SMILES string of the molecule is O=C(OCc1cc(C(F)(F)F)cc(C(F)(F)F)c1)N1CCCn2cncc2C1. The lowest BCUT2D eigenvalue weighted by molar-refractivity contribution is -0.143. The first-order chi connectivity index (χ1) is 13.0. The fraction of sp³-hybridized carbons (Fsp3) is 0.412. The number of ether oxygens (including phenoxy) is 1. The summed E-state index contributed by atoms with van der Waals surface area (Å²) in [4.78, 5) is 17.6. The van der Waals surface area contributed by atoms with Crippen LogP contribution in [0.15, 0.2) is 30.7 Å². The molecule has 1 aliphatic heterocycles. The van der Waals surface area contributed by atoms with Crippen LogP contribution in [-0.2, 0) is 36.8 Å². The van der Waals surface area contributed by atoms with E-state index >= 15 is 0 Å². The van der Waals surface area contributed by atoms with Gasteiger partial charge in [0.15, 0.2) is 0 Å². The number of nitrogens with zero attached hydrogens (tertiary/aromatic N) is 3. The van der Waals surface area contributed by atoms with Crippen LogP contribution in [0.1, 0.15) is 28.8 Å². The van der Waals surface area contributed by atoms with E-state index in [0.717, 1.165) is 5.69 Å². The number of aromatic nitrogens is 2. The van der Waals surface area contributed by atoms with Crippen LogP contribution in [0.5, 0.6) is 0 Å². The number of hydrogen-bond donors (Lipinski definition) is 0. The van der Waals surface area contributed by atoms with Gasteiger partial charge in [0.25, 0.3) is 0 Å². The van der Waals surface area contributed by atoms with Crippen molar-refractivity contribution in [1.82, 2.24) is 14.5 Å². The molecule has 0 unspecified atom stereocenters. The van der Waals surface area contributed by atoms with Gasteiger partial charge in [0.2, 0.25) is 0 Å². The van der Waals surface area contributed by atoms with Gasteiger partial charge >= 0.3 is 18.4 Å². The van der Waals surface area contributed by atoms with Crippen molar-refractivity contribution in [3.63, 3.8) is 0 Å². The van der Waals surface area contributed by atoms with E-state index in [-0.39, 0.29) is 12.6 Å². The third-order valence-corrected chi connectivity index (χ3v) is 4.25. The molecular formula is C17H15F6N3O2. The van der Waals surface area contributed by atoms with Crippen molar-refractivity contribution in [1.29, 1.82) is 0 Å². The molecule has 5 nitrogen and oxygen atoms in total. The Labute approximate surface area is 155 Å². The number of carbonyl (C=O) groups excluding carboxylic acids is 1. The molecule has 3 rings (SSSR count). The average molecular weight is 407 g/mol. The zero-order valence-corrected chi connectivity index (χ0v) is 14.3. The first-order valence-corrected chi connectivity index (χ1v) is 8.23. The number of aryl methyl sites for hydroxylation is 1. The lowest BCUT2D eigenvalue weighted by Crippen LogP contribution is -2.31. The maximum atomic E-state index is 12.9. The Morgan fingerprint density at radius 1 is 1.04 bits per heavy atom. The summed E-state index contributed by atoms with van der Waals surface area (Å²) < 4.78 is 84.2. The molecule has 1 amide bonds. The lowest BCUT2D eigenvalue weighted by atomic mass is 10.1. The molecule has 1 aliphatic rings. The Kier molecular flexibility index (Phi) is 5.26. The fourth-order valence-corrected chi connectivity index (χ4v) is 2.88. The largest absolute Gasteiger partial charge is 0.445 e. The molecule has 152 valence electrons. The Balaban J connectivity index is 1.74. The Morgan fingerprint density at radius 2 is 1.68 bits per heavy atom. The minimum absolute atomic E-state index is 0.0290. The van der Waals surface area contributed by atoms with Crippen LogP contribution < -0.4 is 0 Å².